The van der Waals surface area contributed by atoms with Gasteiger partial charge >= 0.3 is 5.97 Å². The molecule has 0 amide bonds. The van der Waals surface area contributed by atoms with Gasteiger partial charge in [-0.15, -0.1) is 0 Å². The number of hydrogen-bond donors (Lipinski definition) is 0. The number of alkyl halides is 1. The number of rotatable bonds is 5. The van der Waals surface area contributed by atoms with Crippen LogP contribution in [0.2, 0.25) is 0 Å². The van der Waals surface area contributed by atoms with Gasteiger partial charge in [0.05, 0.1) is 7.11 Å². The van der Waals surface area contributed by atoms with Crippen LogP contribution in [0.15, 0.2) is 30.3 Å². The Labute approximate surface area is 117 Å². The van der Waals surface area contributed by atoms with E-state index in [1.807, 2.05) is 44.2 Å². The average molecular weight is 315 g/mol. The Balaban J connectivity index is 3.22. The largest absolute Gasteiger partial charge is 0.468 e. The van der Waals surface area contributed by atoms with Crippen molar-refractivity contribution in [3.8, 4) is 0 Å². The van der Waals surface area contributed by atoms with Crippen LogP contribution in [0.4, 0.5) is 0 Å². The van der Waals surface area contributed by atoms with Gasteiger partial charge in [0.1, 0.15) is 6.10 Å². The van der Waals surface area contributed by atoms with Gasteiger partial charge in [-0.2, -0.15) is 0 Å². The second-order valence-electron chi connectivity index (χ2n) is 4.44. The van der Waals surface area contributed by atoms with Gasteiger partial charge in [0.25, 0.3) is 0 Å². The van der Waals surface area contributed by atoms with E-state index in [0.717, 1.165) is 5.56 Å². The lowest BCUT2D eigenvalue weighted by Crippen LogP contribution is -2.45. The minimum atomic E-state index is -0.891. The number of benzene rings is 1. The van der Waals surface area contributed by atoms with Gasteiger partial charge in [0, 0.05) is 7.11 Å². The van der Waals surface area contributed by atoms with Crippen molar-refractivity contribution in [1.29, 1.82) is 0 Å². The number of halogens is 1. The first kappa shape index (κ1) is 15.2. The van der Waals surface area contributed by atoms with E-state index in [4.69, 9.17) is 9.47 Å². The van der Waals surface area contributed by atoms with Gasteiger partial charge in [-0.3, -0.25) is 4.79 Å². The maximum Gasteiger partial charge on any atom is 0.325 e. The molecule has 2 atom stereocenters. The van der Waals surface area contributed by atoms with Crippen LogP contribution < -0.4 is 0 Å². The molecular formula is C14H19BrO3. The molecule has 0 aliphatic rings. The summed E-state index contributed by atoms with van der Waals surface area (Å²) < 4.78 is 9.56. The van der Waals surface area contributed by atoms with Crippen molar-refractivity contribution in [3.63, 3.8) is 0 Å². The third kappa shape index (κ3) is 2.75. The van der Waals surface area contributed by atoms with Crippen LogP contribution >= 0.6 is 15.9 Å². The Bertz CT molecular complexity index is 391. The van der Waals surface area contributed by atoms with Crippen molar-refractivity contribution < 1.29 is 14.3 Å². The quantitative estimate of drug-likeness (QED) is 0.617. The lowest BCUT2D eigenvalue weighted by molar-refractivity contribution is -0.149. The van der Waals surface area contributed by atoms with E-state index >= 15 is 0 Å². The predicted molar refractivity (Wildman–Crippen MR) is 74.7 cm³/mol. The van der Waals surface area contributed by atoms with E-state index in [0.29, 0.717) is 0 Å². The zero-order chi connectivity index (χ0) is 13.8. The van der Waals surface area contributed by atoms with Crippen molar-refractivity contribution in [2.75, 3.05) is 14.2 Å². The Morgan fingerprint density at radius 3 is 2.17 bits per heavy atom. The summed E-state index contributed by atoms with van der Waals surface area (Å²) in [6, 6.07) is 9.66. The highest BCUT2D eigenvalue weighted by Gasteiger charge is 2.48. The summed E-state index contributed by atoms with van der Waals surface area (Å²) in [5, 5.41) is 0. The molecule has 0 N–H and O–H groups in total. The molecule has 3 nitrogen and oxygen atoms in total. The van der Waals surface area contributed by atoms with Crippen molar-refractivity contribution in [2.24, 2.45) is 5.92 Å². The van der Waals surface area contributed by atoms with Crippen molar-refractivity contribution in [1.82, 2.24) is 0 Å². The van der Waals surface area contributed by atoms with Crippen molar-refractivity contribution >= 4 is 21.9 Å². The number of hydrogen-bond acceptors (Lipinski definition) is 3. The summed E-state index contributed by atoms with van der Waals surface area (Å²) in [5.74, 6) is -0.302. The molecule has 0 bridgehead atoms. The molecule has 4 heteroatoms. The van der Waals surface area contributed by atoms with Crippen LogP contribution in [0.3, 0.4) is 0 Å². The van der Waals surface area contributed by atoms with Crippen LogP contribution in [-0.2, 0) is 14.3 Å². The Hall–Kier alpha value is -0.870. The Morgan fingerprint density at radius 2 is 1.78 bits per heavy atom. The number of carbonyl (C=O) groups excluding carboxylic acids is 1. The summed E-state index contributed by atoms with van der Waals surface area (Å²) in [7, 11) is 2.98. The minimum Gasteiger partial charge on any atom is -0.468 e. The fraction of sp³-hybridized carbons (Fsp3) is 0.500. The Kier molecular flexibility index (Phi) is 5.35. The zero-order valence-electron chi connectivity index (χ0n) is 11.1. The maximum atomic E-state index is 12.1. The number of methoxy groups -OCH3 is 2. The van der Waals surface area contributed by atoms with E-state index in [-0.39, 0.29) is 11.9 Å². The zero-order valence-corrected chi connectivity index (χ0v) is 12.7. The van der Waals surface area contributed by atoms with E-state index in [9.17, 15) is 4.79 Å². The molecule has 0 spiro atoms. The number of esters is 1. The predicted octanol–water partition coefficient (Wildman–Crippen LogP) is 3.34. The normalized spacial score (nSPS) is 16.1. The van der Waals surface area contributed by atoms with E-state index < -0.39 is 10.4 Å². The molecule has 18 heavy (non-hydrogen) atoms. The summed E-state index contributed by atoms with van der Waals surface area (Å²) >= 11 is 3.54. The highest BCUT2D eigenvalue weighted by molar-refractivity contribution is 9.10. The molecule has 1 aromatic carbocycles. The fourth-order valence-corrected chi connectivity index (χ4v) is 2.59. The first-order chi connectivity index (χ1) is 8.48. The molecule has 0 heterocycles. The standard InChI is InChI=1S/C14H19BrO3/c1-10(2)14(15,13(16)18-4)12(17-3)11-8-6-5-7-9-11/h5-10,12H,1-4H3/t12-,14-/m0/s1. The number of ether oxygens (including phenoxy) is 2. The second kappa shape index (κ2) is 6.34. The van der Waals surface area contributed by atoms with E-state index in [1.54, 1.807) is 7.11 Å². The molecule has 100 valence electrons. The number of carbonyl (C=O) groups is 1. The van der Waals surface area contributed by atoms with Crippen LogP contribution in [-0.4, -0.2) is 24.5 Å². The van der Waals surface area contributed by atoms with Gasteiger partial charge in [-0.25, -0.2) is 0 Å². The van der Waals surface area contributed by atoms with Crippen LogP contribution in [0.25, 0.3) is 0 Å². The van der Waals surface area contributed by atoms with Gasteiger partial charge in [0.15, 0.2) is 4.32 Å². The summed E-state index contributed by atoms with van der Waals surface area (Å²) in [6.45, 7) is 3.92. The molecule has 0 radical (unpaired) electrons. The second-order valence-corrected chi connectivity index (χ2v) is 5.75. The highest BCUT2D eigenvalue weighted by atomic mass is 79.9. The smallest absolute Gasteiger partial charge is 0.325 e. The minimum absolute atomic E-state index is 0.0232. The third-order valence-corrected chi connectivity index (χ3v) is 4.71. The molecule has 0 saturated carbocycles. The lowest BCUT2D eigenvalue weighted by Gasteiger charge is -2.35. The molecule has 0 saturated heterocycles. The maximum absolute atomic E-state index is 12.1. The van der Waals surface area contributed by atoms with E-state index in [2.05, 4.69) is 15.9 Å². The molecule has 0 aliphatic heterocycles. The van der Waals surface area contributed by atoms with Crippen molar-refractivity contribution in [2.45, 2.75) is 24.3 Å². The third-order valence-electron chi connectivity index (χ3n) is 3.06. The van der Waals surface area contributed by atoms with Gasteiger partial charge in [-0.1, -0.05) is 60.1 Å². The molecule has 0 unspecified atom stereocenters. The molecule has 0 aromatic heterocycles. The summed E-state index contributed by atoms with van der Waals surface area (Å²) in [6.07, 6.45) is -0.397. The molecule has 0 aliphatic carbocycles. The first-order valence-corrected chi connectivity index (χ1v) is 6.62. The summed E-state index contributed by atoms with van der Waals surface area (Å²) in [5.41, 5.74) is 0.941. The van der Waals surface area contributed by atoms with Crippen molar-refractivity contribution in [3.05, 3.63) is 35.9 Å². The monoisotopic (exact) mass is 314 g/mol. The van der Waals surface area contributed by atoms with Crippen LogP contribution in [0.1, 0.15) is 25.5 Å². The molecular weight excluding hydrogens is 296 g/mol. The summed E-state index contributed by atoms with van der Waals surface area (Å²) in [4.78, 5) is 12.1. The Morgan fingerprint density at radius 1 is 1.22 bits per heavy atom. The fourth-order valence-electron chi connectivity index (χ4n) is 1.98. The lowest BCUT2D eigenvalue weighted by atomic mass is 9.86. The van der Waals surface area contributed by atoms with Gasteiger partial charge in [-0.05, 0) is 11.5 Å². The van der Waals surface area contributed by atoms with E-state index in [1.165, 1.54) is 7.11 Å². The molecule has 1 aromatic rings. The average Bonchev–Trinajstić information content (AvgIpc) is 2.39. The van der Waals surface area contributed by atoms with Crippen LogP contribution in [0, 0.1) is 5.92 Å². The molecule has 0 fully saturated rings. The first-order valence-electron chi connectivity index (χ1n) is 5.83. The highest BCUT2D eigenvalue weighted by Crippen LogP contribution is 2.43. The molecule has 1 rings (SSSR count). The van der Waals surface area contributed by atoms with Gasteiger partial charge in [0.2, 0.25) is 0 Å². The van der Waals surface area contributed by atoms with Gasteiger partial charge < -0.3 is 9.47 Å². The SMILES string of the molecule is COC(=O)[C@](Br)(C(C)C)[C@@H](OC)c1ccccc1. The topological polar surface area (TPSA) is 35.5 Å². The van der Waals surface area contributed by atoms with Crippen LogP contribution in [0.5, 0.6) is 0 Å².